The summed E-state index contributed by atoms with van der Waals surface area (Å²) in [5.74, 6) is -2.32. The van der Waals surface area contributed by atoms with Crippen molar-refractivity contribution in [1.82, 2.24) is 4.90 Å². The van der Waals surface area contributed by atoms with Crippen LogP contribution < -0.4 is 5.32 Å². The smallest absolute Gasteiger partial charge is 0.342 e. The number of nitrogens with one attached hydrogen (secondary N) is 1. The molecule has 0 bridgehead atoms. The van der Waals surface area contributed by atoms with Crippen LogP contribution in [-0.4, -0.2) is 47.1 Å². The molecule has 2 N–H and O–H groups in total. The van der Waals surface area contributed by atoms with Crippen LogP contribution in [0.15, 0.2) is 12.1 Å². The van der Waals surface area contributed by atoms with Crippen molar-refractivity contribution in [2.75, 3.05) is 25.5 Å². The molecule has 0 aliphatic rings. The maximum Gasteiger partial charge on any atom is 0.342 e. The molecule has 0 saturated carbocycles. The summed E-state index contributed by atoms with van der Waals surface area (Å²) in [6.45, 7) is 5.03. The van der Waals surface area contributed by atoms with Gasteiger partial charge in [0.15, 0.2) is 5.82 Å². The van der Waals surface area contributed by atoms with Gasteiger partial charge in [-0.3, -0.25) is 10.1 Å². The average Bonchev–Trinajstić information content (AvgIpc) is 2.39. The third kappa shape index (κ3) is 4.38. The predicted octanol–water partition coefficient (Wildman–Crippen LogP) is 2.18. The summed E-state index contributed by atoms with van der Waals surface area (Å²) in [6, 6.07) is 1.89. The van der Waals surface area contributed by atoms with Crippen LogP contribution in [-0.2, 0) is 0 Å². The number of carbonyl (C=O) groups is 1. The van der Waals surface area contributed by atoms with Crippen molar-refractivity contribution < 1.29 is 19.2 Å². The third-order valence-electron chi connectivity index (χ3n) is 3.17. The minimum Gasteiger partial charge on any atom is -0.477 e. The molecule has 0 saturated heterocycles. The van der Waals surface area contributed by atoms with Gasteiger partial charge in [-0.2, -0.15) is 0 Å². The second-order valence-corrected chi connectivity index (χ2v) is 4.91. The molecule has 1 rings (SSSR count). The molecule has 1 aromatic carbocycles. The molecule has 1 aromatic rings. The van der Waals surface area contributed by atoms with Crippen LogP contribution >= 0.6 is 0 Å². The largest absolute Gasteiger partial charge is 0.477 e. The Bertz CT molecular complexity index is 548. The van der Waals surface area contributed by atoms with Gasteiger partial charge in [-0.1, -0.05) is 0 Å². The number of likely N-dealkylation sites (N-methyl/N-ethyl adjacent to an activating group) is 1. The number of benzene rings is 1. The molecule has 0 radical (unpaired) electrons. The molecule has 116 valence electrons. The maximum atomic E-state index is 13.8. The molecule has 21 heavy (non-hydrogen) atoms. The van der Waals surface area contributed by atoms with E-state index in [0.717, 1.165) is 6.07 Å². The number of nitrogens with zero attached hydrogens (tertiary/aromatic N) is 2. The van der Waals surface area contributed by atoms with Gasteiger partial charge in [-0.15, -0.1) is 0 Å². The zero-order valence-electron chi connectivity index (χ0n) is 12.1. The lowest BCUT2D eigenvalue weighted by atomic mass is 10.1. The first-order valence-electron chi connectivity index (χ1n) is 6.39. The Labute approximate surface area is 121 Å². The number of hydrogen-bond acceptors (Lipinski definition) is 5. The standard InChI is InChI=1S/C13H18FN3O4/c1-8(2)16(3)5-4-15-11-6-9(13(18)19)12(17(20)21)7-10(11)14/h6-8,15H,4-5H2,1-3H3,(H,18,19). The van der Waals surface area contributed by atoms with Crippen molar-refractivity contribution in [2.45, 2.75) is 19.9 Å². The van der Waals surface area contributed by atoms with E-state index in [1.807, 2.05) is 25.8 Å². The number of hydrogen-bond donors (Lipinski definition) is 2. The number of aromatic carboxylic acids is 1. The van der Waals surface area contributed by atoms with Gasteiger partial charge >= 0.3 is 5.97 Å². The number of carboxylic acid groups (broad SMARTS) is 1. The fourth-order valence-corrected chi connectivity index (χ4v) is 1.65. The second kappa shape index (κ2) is 6.98. The molecular formula is C13H18FN3O4. The average molecular weight is 299 g/mol. The fourth-order valence-electron chi connectivity index (χ4n) is 1.65. The Morgan fingerprint density at radius 3 is 2.62 bits per heavy atom. The SMILES string of the molecule is CC(C)N(C)CCNc1cc(C(=O)O)c([N+](=O)[O-])cc1F. The van der Waals surface area contributed by atoms with Gasteiger partial charge in [0.05, 0.1) is 16.7 Å². The highest BCUT2D eigenvalue weighted by molar-refractivity contribution is 5.93. The van der Waals surface area contributed by atoms with Crippen LogP contribution in [0.3, 0.4) is 0 Å². The van der Waals surface area contributed by atoms with Crippen LogP contribution in [0, 0.1) is 15.9 Å². The van der Waals surface area contributed by atoms with Gasteiger partial charge in [0.2, 0.25) is 0 Å². The summed E-state index contributed by atoms with van der Waals surface area (Å²) in [5.41, 5.74) is -1.36. The molecule has 0 aliphatic carbocycles. The number of nitro benzene ring substituents is 1. The molecule has 0 unspecified atom stereocenters. The molecule has 8 heteroatoms. The Balaban J connectivity index is 2.91. The Kier molecular flexibility index (Phi) is 5.60. The molecule has 0 spiro atoms. The van der Waals surface area contributed by atoms with E-state index < -0.39 is 28.0 Å². The van der Waals surface area contributed by atoms with Crippen molar-refractivity contribution in [3.8, 4) is 0 Å². The highest BCUT2D eigenvalue weighted by Crippen LogP contribution is 2.26. The predicted molar refractivity (Wildman–Crippen MR) is 76.3 cm³/mol. The van der Waals surface area contributed by atoms with Gasteiger partial charge in [0.1, 0.15) is 5.56 Å². The van der Waals surface area contributed by atoms with Crippen molar-refractivity contribution in [1.29, 1.82) is 0 Å². The normalized spacial score (nSPS) is 11.0. The van der Waals surface area contributed by atoms with E-state index in [9.17, 15) is 19.3 Å². The molecule has 0 atom stereocenters. The van der Waals surface area contributed by atoms with Crippen LogP contribution in [0.5, 0.6) is 0 Å². The summed E-state index contributed by atoms with van der Waals surface area (Å²) in [6.07, 6.45) is 0. The molecule has 0 heterocycles. The van der Waals surface area contributed by atoms with Crippen molar-refractivity contribution >= 4 is 17.3 Å². The van der Waals surface area contributed by atoms with Crippen LogP contribution in [0.2, 0.25) is 0 Å². The van der Waals surface area contributed by atoms with E-state index in [0.29, 0.717) is 25.2 Å². The maximum absolute atomic E-state index is 13.8. The number of nitro groups is 1. The minimum absolute atomic E-state index is 0.0600. The van der Waals surface area contributed by atoms with E-state index in [1.54, 1.807) is 0 Å². The molecule has 0 fully saturated rings. The van der Waals surface area contributed by atoms with Gasteiger partial charge in [0.25, 0.3) is 5.69 Å². The number of rotatable bonds is 7. The Hall–Kier alpha value is -2.22. The lowest BCUT2D eigenvalue weighted by molar-refractivity contribution is -0.385. The fraction of sp³-hybridized carbons (Fsp3) is 0.462. The number of carboxylic acids is 1. The quantitative estimate of drug-likeness (QED) is 0.592. The van der Waals surface area contributed by atoms with Gasteiger partial charge in [-0.25, -0.2) is 9.18 Å². The van der Waals surface area contributed by atoms with Gasteiger partial charge in [-0.05, 0) is 27.0 Å². The van der Waals surface area contributed by atoms with Crippen LogP contribution in [0.4, 0.5) is 15.8 Å². The van der Waals surface area contributed by atoms with E-state index in [2.05, 4.69) is 5.32 Å². The first-order chi connectivity index (χ1) is 9.73. The lowest BCUT2D eigenvalue weighted by Gasteiger charge is -2.21. The highest BCUT2D eigenvalue weighted by Gasteiger charge is 2.23. The van der Waals surface area contributed by atoms with Crippen molar-refractivity contribution in [2.24, 2.45) is 0 Å². The second-order valence-electron chi connectivity index (χ2n) is 4.91. The summed E-state index contributed by atoms with van der Waals surface area (Å²) in [7, 11) is 1.90. The molecular weight excluding hydrogens is 281 g/mol. The summed E-state index contributed by atoms with van der Waals surface area (Å²) in [5, 5.41) is 22.4. The summed E-state index contributed by atoms with van der Waals surface area (Å²) >= 11 is 0. The topological polar surface area (TPSA) is 95.7 Å². The highest BCUT2D eigenvalue weighted by atomic mass is 19.1. The number of anilines is 1. The number of halogens is 1. The Morgan fingerprint density at radius 1 is 1.52 bits per heavy atom. The van der Waals surface area contributed by atoms with Gasteiger partial charge < -0.3 is 15.3 Å². The minimum atomic E-state index is -1.47. The van der Waals surface area contributed by atoms with Crippen LogP contribution in [0.25, 0.3) is 0 Å². The zero-order chi connectivity index (χ0) is 16.2. The third-order valence-corrected chi connectivity index (χ3v) is 3.17. The summed E-state index contributed by atoms with van der Waals surface area (Å²) in [4.78, 5) is 22.8. The van der Waals surface area contributed by atoms with Crippen LogP contribution in [0.1, 0.15) is 24.2 Å². The lowest BCUT2D eigenvalue weighted by Crippen LogP contribution is -2.31. The molecule has 0 aliphatic heterocycles. The first-order valence-corrected chi connectivity index (χ1v) is 6.39. The van der Waals surface area contributed by atoms with E-state index in [-0.39, 0.29) is 5.69 Å². The monoisotopic (exact) mass is 299 g/mol. The summed E-state index contributed by atoms with van der Waals surface area (Å²) < 4.78 is 13.8. The zero-order valence-corrected chi connectivity index (χ0v) is 12.1. The van der Waals surface area contributed by atoms with Gasteiger partial charge in [0, 0.05) is 19.1 Å². The van der Waals surface area contributed by atoms with Crippen molar-refractivity contribution in [3.05, 3.63) is 33.6 Å². The van der Waals surface area contributed by atoms with E-state index >= 15 is 0 Å². The molecule has 7 nitrogen and oxygen atoms in total. The Morgan fingerprint density at radius 2 is 2.14 bits per heavy atom. The van der Waals surface area contributed by atoms with E-state index in [1.165, 1.54) is 0 Å². The first kappa shape index (κ1) is 16.8. The molecule has 0 amide bonds. The molecule has 0 aromatic heterocycles. The van der Waals surface area contributed by atoms with E-state index in [4.69, 9.17) is 5.11 Å². The van der Waals surface area contributed by atoms with Crippen molar-refractivity contribution in [3.63, 3.8) is 0 Å².